The third-order valence-electron chi connectivity index (χ3n) is 9.23. The monoisotopic (exact) mass is 783 g/mol. The number of esters is 3. The number of hydrogen-bond acceptors (Lipinski definition) is 10. The molecule has 0 saturated heterocycles. The maximum atomic E-state index is 13.6. The topological polar surface area (TPSA) is 182 Å². The minimum Gasteiger partial charge on any atom is -0.462 e. The summed E-state index contributed by atoms with van der Waals surface area (Å²) in [7, 11) is 0. The quantitative estimate of drug-likeness (QED) is 0.0739. The van der Waals surface area contributed by atoms with Crippen LogP contribution < -0.4 is 17.2 Å². The van der Waals surface area contributed by atoms with Crippen LogP contribution in [-0.4, -0.2) is 47.7 Å². The zero-order valence-corrected chi connectivity index (χ0v) is 31.8. The van der Waals surface area contributed by atoms with E-state index in [1.165, 1.54) is 36.4 Å². The Morgan fingerprint density at radius 1 is 0.655 bits per heavy atom. The molecule has 0 amide bonds. The molecule has 0 spiro atoms. The molecule has 0 bridgehead atoms. The summed E-state index contributed by atoms with van der Waals surface area (Å²) in [6.45, 7) is 11.6. The maximum absolute atomic E-state index is 13.6. The zero-order chi connectivity index (χ0) is 48.7. The third-order valence-corrected chi connectivity index (χ3v) is 9.23. The molecule has 1 aromatic heterocycles. The Balaban J connectivity index is 0. The average Bonchev–Trinajstić information content (AvgIpc) is 3.89. The van der Waals surface area contributed by atoms with Crippen LogP contribution in [0.25, 0.3) is 22.0 Å². The summed E-state index contributed by atoms with van der Waals surface area (Å²) in [6, 6.07) is 8.20. The van der Waals surface area contributed by atoms with Gasteiger partial charge in [0.1, 0.15) is 23.0 Å². The highest BCUT2D eigenvalue weighted by molar-refractivity contribution is 6.20. The van der Waals surface area contributed by atoms with E-state index in [9.17, 15) is 32.8 Å². The van der Waals surface area contributed by atoms with Gasteiger partial charge >= 0.3 is 17.9 Å². The number of nitrogens with zero attached hydrogens (tertiary/aromatic N) is 1. The largest absolute Gasteiger partial charge is 0.462 e. The van der Waals surface area contributed by atoms with Crippen LogP contribution in [0.3, 0.4) is 0 Å². The lowest BCUT2D eigenvalue weighted by molar-refractivity contribution is -0.137. The van der Waals surface area contributed by atoms with Crippen molar-refractivity contribution >= 4 is 45.8 Å². The second kappa shape index (κ2) is 17.9. The zero-order valence-electron chi connectivity index (χ0n) is 39.8. The SMILES string of the molecule is CCOC(=O)C1=C(N)Cc2c(CC)cc(F)cc21.CCOC(=O)C1=C(N)Cc2c(CC)cc(F)cc21.CCOC(=O)c1c(N)n(O)c2c(CC)cc(F)cc12.[2HH].[2H][2H].[2H][2H].[2H][2H].[2H][2H]. The molecule has 2 aliphatic rings. The van der Waals surface area contributed by atoms with Crippen molar-refractivity contribution in [2.45, 2.75) is 73.6 Å². The summed E-state index contributed by atoms with van der Waals surface area (Å²) in [6.07, 6.45) is 2.91. The summed E-state index contributed by atoms with van der Waals surface area (Å²) in [5.41, 5.74) is 24.8. The predicted octanol–water partition coefficient (Wildman–Crippen LogP) is 7.92. The van der Waals surface area contributed by atoms with E-state index in [0.717, 1.165) is 22.3 Å². The average molecular weight is 784 g/mol. The molecule has 2 aliphatic carbocycles. The smallest absolute Gasteiger partial charge is 0.342 e. The predicted molar refractivity (Wildman–Crippen MR) is 214 cm³/mol. The highest BCUT2D eigenvalue weighted by Crippen LogP contribution is 2.36. The van der Waals surface area contributed by atoms with E-state index in [0.29, 0.717) is 81.6 Å². The highest BCUT2D eigenvalue weighted by atomic mass is 19.1. The molecule has 1 heterocycles. The van der Waals surface area contributed by atoms with Gasteiger partial charge in [0.15, 0.2) is 5.82 Å². The van der Waals surface area contributed by atoms with Gasteiger partial charge in [-0.15, -0.1) is 0 Å². The Morgan fingerprint density at radius 2 is 1.04 bits per heavy atom. The standard InChI is InChI=1S/2C14H16FNO2.C13H15FN2O3.5H2/c2*1-3-8-5-9(15)6-11-10(8)7-12(16)13(11)14(17)18-4-2;1-3-7-5-8(14)6-9-10(13(17)19-4-2)12(15)16(18)11(7)9;;;;;/h2*5-6H,3-4,7,16H2,1-2H3;5-6,18H,3-4,15H2,1-2H3;5*1H/i;;;4*1+1D;1+1. The van der Waals surface area contributed by atoms with Crippen molar-refractivity contribution in [2.24, 2.45) is 11.5 Å². The van der Waals surface area contributed by atoms with Crippen LogP contribution >= 0.6 is 0 Å². The molecule has 4 aromatic rings. The Morgan fingerprint density at radius 3 is 1.44 bits per heavy atom. The molecule has 0 aliphatic heterocycles. The number of hydrogen-bond donors (Lipinski definition) is 4. The summed E-state index contributed by atoms with van der Waals surface area (Å²) in [5.74, 6) is -2.94. The molecule has 0 saturated carbocycles. The molecule has 0 radical (unpaired) electrons. The van der Waals surface area contributed by atoms with Gasteiger partial charge in [0.2, 0.25) is 0 Å². The number of aromatic nitrogens is 1. The van der Waals surface area contributed by atoms with Crippen LogP contribution in [0.5, 0.6) is 0 Å². The first-order valence-corrected chi connectivity index (χ1v) is 18.1. The van der Waals surface area contributed by atoms with E-state index < -0.39 is 23.7 Å². The first-order valence-electron chi connectivity index (χ1n) is 22.1. The number of rotatable bonds is 9. The number of anilines is 1. The van der Waals surface area contributed by atoms with Gasteiger partial charge in [0.25, 0.3) is 0 Å². The van der Waals surface area contributed by atoms with Gasteiger partial charge < -0.3 is 36.6 Å². The maximum Gasteiger partial charge on any atom is 0.342 e. The number of halogens is 3. The molecular formula is C41H57F3N4O7. The lowest BCUT2D eigenvalue weighted by atomic mass is 9.98. The number of aryl methyl sites for hydroxylation is 3. The van der Waals surface area contributed by atoms with Gasteiger partial charge in [-0.05, 0) is 115 Å². The van der Waals surface area contributed by atoms with Crippen molar-refractivity contribution in [3.8, 4) is 0 Å². The number of carbonyl (C=O) groups is 3. The minimum absolute atomic E-state index is 0. The highest BCUT2D eigenvalue weighted by Gasteiger charge is 2.30. The molecule has 0 unspecified atom stereocenters. The minimum atomic E-state index is -0.676. The van der Waals surface area contributed by atoms with E-state index >= 15 is 0 Å². The number of ether oxygens (including phenoxy) is 3. The second-order valence-corrected chi connectivity index (χ2v) is 12.6. The fourth-order valence-electron chi connectivity index (χ4n) is 6.82. The second-order valence-electron chi connectivity index (χ2n) is 12.6. The first kappa shape index (κ1) is 36.1. The van der Waals surface area contributed by atoms with E-state index in [-0.39, 0.29) is 49.6 Å². The fourth-order valence-corrected chi connectivity index (χ4v) is 6.82. The number of benzene rings is 3. The van der Waals surface area contributed by atoms with Crippen molar-refractivity contribution in [3.05, 3.63) is 110 Å². The summed E-state index contributed by atoms with van der Waals surface area (Å²) < 4.78 is 96.2. The van der Waals surface area contributed by atoms with Crippen LogP contribution in [0.4, 0.5) is 19.0 Å². The summed E-state index contributed by atoms with van der Waals surface area (Å²) in [5, 5.41) is 10.2. The van der Waals surface area contributed by atoms with Crippen LogP contribution in [0.2, 0.25) is 0 Å². The molecule has 11 nitrogen and oxygen atoms in total. The normalized spacial score (nSPS) is 13.3. The molecule has 0 atom stereocenters. The van der Waals surface area contributed by atoms with Crippen molar-refractivity contribution in [2.75, 3.05) is 25.6 Å². The third kappa shape index (κ3) is 8.58. The van der Waals surface area contributed by atoms with Crippen molar-refractivity contribution in [1.82, 2.24) is 4.73 Å². The van der Waals surface area contributed by atoms with Gasteiger partial charge in [0.05, 0.1) is 36.5 Å². The van der Waals surface area contributed by atoms with Gasteiger partial charge in [0, 0.05) is 42.9 Å². The van der Waals surface area contributed by atoms with Crippen LogP contribution in [-0.2, 0) is 55.9 Å². The Kier molecular flexibility index (Phi) is 11.8. The van der Waals surface area contributed by atoms with E-state index in [2.05, 4.69) is 0 Å². The van der Waals surface area contributed by atoms with Crippen molar-refractivity contribution in [1.29, 1.82) is 0 Å². The van der Waals surface area contributed by atoms with E-state index in [1.807, 2.05) is 20.8 Å². The molecule has 304 valence electrons. The van der Waals surface area contributed by atoms with Crippen molar-refractivity contribution < 1.29 is 60.3 Å². The summed E-state index contributed by atoms with van der Waals surface area (Å²) in [4.78, 5) is 35.5. The molecule has 7 N–H and O–H groups in total. The number of nitrogen functional groups attached to an aromatic ring is 1. The Hall–Kier alpha value is -5.92. The molecular weight excluding hydrogens is 717 g/mol. The fraction of sp³-hybridized carbons (Fsp3) is 0.341. The van der Waals surface area contributed by atoms with Gasteiger partial charge in [-0.25, -0.2) is 27.6 Å². The van der Waals surface area contributed by atoms with Crippen LogP contribution in [0.1, 0.15) is 104 Å². The number of carbonyl (C=O) groups excluding carboxylic acids is 3. The van der Waals surface area contributed by atoms with E-state index in [4.69, 9.17) is 43.3 Å². The first-order chi connectivity index (χ1) is 30.2. The molecule has 3 aromatic carbocycles. The molecule has 55 heavy (non-hydrogen) atoms. The number of allylic oxidation sites excluding steroid dienone is 2. The summed E-state index contributed by atoms with van der Waals surface area (Å²) >= 11 is 0. The number of nitrogens with two attached hydrogens (primary N) is 3. The van der Waals surface area contributed by atoms with Crippen LogP contribution in [0.15, 0.2) is 47.8 Å². The number of fused-ring (bicyclic) bond motifs is 3. The molecule has 14 heteroatoms. The Labute approximate surface area is 331 Å². The lowest BCUT2D eigenvalue weighted by Crippen LogP contribution is -2.10. The van der Waals surface area contributed by atoms with Gasteiger partial charge in [-0.2, -0.15) is 4.73 Å². The van der Waals surface area contributed by atoms with Gasteiger partial charge in [-0.3, -0.25) is 0 Å². The van der Waals surface area contributed by atoms with E-state index in [1.54, 1.807) is 20.8 Å². The van der Waals surface area contributed by atoms with Crippen molar-refractivity contribution in [3.63, 3.8) is 0 Å². The lowest BCUT2D eigenvalue weighted by Gasteiger charge is -2.09. The Bertz CT molecular complexity index is 2150. The van der Waals surface area contributed by atoms with Crippen LogP contribution in [0, 0.1) is 17.5 Å². The molecule has 0 fully saturated rings. The molecule has 6 rings (SSSR count). The van der Waals surface area contributed by atoms with Gasteiger partial charge in [-0.1, -0.05) is 20.8 Å².